The predicted molar refractivity (Wildman–Crippen MR) is 84.1 cm³/mol. The van der Waals surface area contributed by atoms with Crippen molar-refractivity contribution in [1.82, 2.24) is 9.38 Å². The Kier molecular flexibility index (Phi) is 4.32. The van der Waals surface area contributed by atoms with Gasteiger partial charge in [0.1, 0.15) is 11.4 Å². The molecule has 0 unspecified atom stereocenters. The minimum absolute atomic E-state index is 0. The van der Waals surface area contributed by atoms with E-state index >= 15 is 0 Å². The molecule has 0 amide bonds. The Morgan fingerprint density at radius 1 is 1.18 bits per heavy atom. The summed E-state index contributed by atoms with van der Waals surface area (Å²) < 4.78 is 11.1. The molecule has 3 aromatic rings. The molecule has 2 heterocycles. The van der Waals surface area contributed by atoms with Crippen molar-refractivity contribution in [2.45, 2.75) is 0 Å². The zero-order valence-corrected chi connectivity index (χ0v) is 12.7. The van der Waals surface area contributed by atoms with Crippen molar-refractivity contribution in [3.05, 3.63) is 52.4 Å². The van der Waals surface area contributed by atoms with Crippen LogP contribution in [0.3, 0.4) is 0 Å². The van der Waals surface area contributed by atoms with Crippen molar-refractivity contribution in [3.8, 4) is 5.75 Å². The average Bonchev–Trinajstić information content (AvgIpc) is 2.54. The highest BCUT2D eigenvalue weighted by atomic mass is 35.5. The van der Waals surface area contributed by atoms with Gasteiger partial charge >= 0.3 is 5.97 Å². The van der Waals surface area contributed by atoms with Crippen LogP contribution in [0.2, 0.25) is 0 Å². The average molecular weight is 321 g/mol. The third-order valence-electron chi connectivity index (χ3n) is 3.24. The normalized spacial score (nSPS) is 10.3. The second kappa shape index (κ2) is 6.03. The molecular weight excluding hydrogens is 308 g/mol. The molecule has 2 aromatic heterocycles. The third-order valence-corrected chi connectivity index (χ3v) is 3.24. The van der Waals surface area contributed by atoms with Gasteiger partial charge in [0.05, 0.1) is 30.7 Å². The largest absolute Gasteiger partial charge is 0.497 e. The van der Waals surface area contributed by atoms with Gasteiger partial charge in [-0.1, -0.05) is 0 Å². The number of fused-ring (bicyclic) bond motifs is 2. The van der Waals surface area contributed by atoms with Gasteiger partial charge in [0, 0.05) is 6.20 Å². The molecule has 0 aliphatic carbocycles. The van der Waals surface area contributed by atoms with Gasteiger partial charge in [-0.2, -0.15) is 0 Å². The lowest BCUT2D eigenvalue weighted by atomic mass is 10.2. The molecule has 1 aromatic carbocycles. The highest BCUT2D eigenvalue weighted by Crippen LogP contribution is 2.17. The number of carbonyl (C=O) groups is 1. The van der Waals surface area contributed by atoms with Crippen molar-refractivity contribution in [2.75, 3.05) is 14.2 Å². The highest BCUT2D eigenvalue weighted by molar-refractivity contribution is 5.89. The molecule has 114 valence electrons. The summed E-state index contributed by atoms with van der Waals surface area (Å²) in [7, 11) is 2.82. The minimum atomic E-state index is -0.505. The van der Waals surface area contributed by atoms with Crippen LogP contribution in [0, 0.1) is 0 Å². The van der Waals surface area contributed by atoms with E-state index in [1.807, 2.05) is 0 Å². The SMILES string of the molecule is COC(=O)c1ccc2nc3ccc(OC)cc3c(=O)n2c1.Cl. The number of aromatic nitrogens is 2. The molecule has 0 aliphatic rings. The van der Waals surface area contributed by atoms with Crippen LogP contribution in [-0.4, -0.2) is 29.6 Å². The number of hydrogen-bond acceptors (Lipinski definition) is 5. The van der Waals surface area contributed by atoms with E-state index in [-0.39, 0.29) is 23.5 Å². The number of halogens is 1. The minimum Gasteiger partial charge on any atom is -0.497 e. The zero-order chi connectivity index (χ0) is 15.0. The Balaban J connectivity index is 0.00000176. The van der Waals surface area contributed by atoms with E-state index in [0.717, 1.165) is 0 Å². The summed E-state index contributed by atoms with van der Waals surface area (Å²) in [5.41, 5.74) is 1.06. The van der Waals surface area contributed by atoms with Gasteiger partial charge in [-0.3, -0.25) is 9.20 Å². The fraction of sp³-hybridized carbons (Fsp3) is 0.133. The molecule has 0 bridgehead atoms. The maximum absolute atomic E-state index is 12.5. The van der Waals surface area contributed by atoms with Gasteiger partial charge in [0.15, 0.2) is 0 Å². The quantitative estimate of drug-likeness (QED) is 0.534. The number of esters is 1. The summed E-state index contributed by atoms with van der Waals surface area (Å²) in [6, 6.07) is 8.28. The summed E-state index contributed by atoms with van der Waals surface area (Å²) in [6.07, 6.45) is 1.43. The number of hydrogen-bond donors (Lipinski definition) is 0. The van der Waals surface area contributed by atoms with Crippen molar-refractivity contribution in [3.63, 3.8) is 0 Å². The number of rotatable bonds is 2. The van der Waals surface area contributed by atoms with Crippen LogP contribution in [0.1, 0.15) is 10.4 Å². The van der Waals surface area contributed by atoms with Crippen LogP contribution >= 0.6 is 12.4 Å². The van der Waals surface area contributed by atoms with Gasteiger partial charge in [-0.15, -0.1) is 12.4 Å². The first-order chi connectivity index (χ1) is 10.1. The number of nitrogens with zero attached hydrogens (tertiary/aromatic N) is 2. The number of ether oxygens (including phenoxy) is 2. The van der Waals surface area contributed by atoms with Crippen molar-refractivity contribution in [1.29, 1.82) is 0 Å². The fourth-order valence-corrected chi connectivity index (χ4v) is 2.15. The van der Waals surface area contributed by atoms with E-state index in [4.69, 9.17) is 4.74 Å². The van der Waals surface area contributed by atoms with Gasteiger partial charge in [0.25, 0.3) is 5.56 Å². The molecule has 0 radical (unpaired) electrons. The molecule has 3 rings (SSSR count). The van der Waals surface area contributed by atoms with Crippen LogP contribution in [0.25, 0.3) is 16.6 Å². The second-order valence-electron chi connectivity index (χ2n) is 4.44. The van der Waals surface area contributed by atoms with E-state index < -0.39 is 5.97 Å². The summed E-state index contributed by atoms with van der Waals surface area (Å²) >= 11 is 0. The first kappa shape index (κ1) is 15.8. The summed E-state index contributed by atoms with van der Waals surface area (Å²) in [5, 5.41) is 0.425. The summed E-state index contributed by atoms with van der Waals surface area (Å²) in [6.45, 7) is 0. The van der Waals surface area contributed by atoms with Gasteiger partial charge < -0.3 is 9.47 Å². The Bertz CT molecular complexity index is 920. The molecule has 7 heteroatoms. The monoisotopic (exact) mass is 320 g/mol. The van der Waals surface area contributed by atoms with Gasteiger partial charge in [0.2, 0.25) is 0 Å². The lowest BCUT2D eigenvalue weighted by molar-refractivity contribution is 0.0600. The zero-order valence-electron chi connectivity index (χ0n) is 11.9. The lowest BCUT2D eigenvalue weighted by Gasteiger charge is -2.06. The van der Waals surface area contributed by atoms with Crippen LogP contribution in [0.4, 0.5) is 0 Å². The maximum Gasteiger partial charge on any atom is 0.339 e. The van der Waals surface area contributed by atoms with Crippen LogP contribution in [-0.2, 0) is 4.74 Å². The van der Waals surface area contributed by atoms with E-state index in [9.17, 15) is 9.59 Å². The topological polar surface area (TPSA) is 69.9 Å². The Hall–Kier alpha value is -2.60. The van der Waals surface area contributed by atoms with E-state index in [1.165, 1.54) is 24.8 Å². The molecule has 0 atom stereocenters. The van der Waals surface area contributed by atoms with Crippen molar-refractivity contribution < 1.29 is 14.3 Å². The van der Waals surface area contributed by atoms with Gasteiger partial charge in [-0.05, 0) is 30.3 Å². The van der Waals surface area contributed by atoms with Crippen LogP contribution in [0.5, 0.6) is 5.75 Å². The Labute approximate surface area is 131 Å². The van der Waals surface area contributed by atoms with Gasteiger partial charge in [-0.25, -0.2) is 9.78 Å². The number of pyridine rings is 1. The molecule has 22 heavy (non-hydrogen) atoms. The lowest BCUT2D eigenvalue weighted by Crippen LogP contribution is -2.17. The molecular formula is C15H13ClN2O4. The van der Waals surface area contributed by atoms with Crippen LogP contribution in [0.15, 0.2) is 41.3 Å². The highest BCUT2D eigenvalue weighted by Gasteiger charge is 2.10. The van der Waals surface area contributed by atoms with Crippen molar-refractivity contribution >= 4 is 34.9 Å². The first-order valence-corrected chi connectivity index (χ1v) is 6.22. The third kappa shape index (κ3) is 2.48. The smallest absolute Gasteiger partial charge is 0.339 e. The molecule has 0 N–H and O–H groups in total. The summed E-state index contributed by atoms with van der Waals surface area (Å²) in [4.78, 5) is 28.5. The number of carbonyl (C=O) groups excluding carboxylic acids is 1. The number of benzene rings is 1. The van der Waals surface area contributed by atoms with Crippen LogP contribution < -0.4 is 10.3 Å². The Morgan fingerprint density at radius 3 is 2.64 bits per heavy atom. The molecule has 0 spiro atoms. The van der Waals surface area contributed by atoms with E-state index in [1.54, 1.807) is 30.3 Å². The van der Waals surface area contributed by atoms with E-state index in [0.29, 0.717) is 22.3 Å². The van der Waals surface area contributed by atoms with Crippen molar-refractivity contribution in [2.24, 2.45) is 0 Å². The number of methoxy groups -OCH3 is 2. The second-order valence-corrected chi connectivity index (χ2v) is 4.44. The molecule has 0 saturated heterocycles. The molecule has 0 saturated carbocycles. The molecule has 0 aliphatic heterocycles. The van der Waals surface area contributed by atoms with E-state index in [2.05, 4.69) is 9.72 Å². The molecule has 6 nitrogen and oxygen atoms in total. The molecule has 0 fully saturated rings. The fourth-order valence-electron chi connectivity index (χ4n) is 2.15. The Morgan fingerprint density at radius 2 is 1.95 bits per heavy atom. The standard InChI is InChI=1S/C15H12N2O4.ClH/c1-20-10-4-5-12-11(7-10)14(18)17-8-9(15(19)21-2)3-6-13(17)16-12;/h3-8H,1-2H3;1H. The predicted octanol–water partition coefficient (Wildman–Crippen LogP) is 2.06. The summed E-state index contributed by atoms with van der Waals surface area (Å²) in [5.74, 6) is 0.0695. The maximum atomic E-state index is 12.5. The first-order valence-electron chi connectivity index (χ1n) is 6.22.